The van der Waals surface area contributed by atoms with Crippen molar-refractivity contribution in [1.82, 2.24) is 4.90 Å². The zero-order valence-corrected chi connectivity index (χ0v) is 13.1. The molecule has 0 aromatic heterocycles. The van der Waals surface area contributed by atoms with Gasteiger partial charge >= 0.3 is 0 Å². The summed E-state index contributed by atoms with van der Waals surface area (Å²) >= 11 is 0. The Morgan fingerprint density at radius 3 is 2.90 bits per heavy atom. The fourth-order valence-electron chi connectivity index (χ4n) is 2.97. The van der Waals surface area contributed by atoms with Gasteiger partial charge in [0.1, 0.15) is 5.75 Å². The highest BCUT2D eigenvalue weighted by atomic mass is 16.5. The molecule has 1 aliphatic rings. The third kappa shape index (κ3) is 3.97. The molecule has 3 heteroatoms. The Labute approximate surface area is 123 Å². The molecular formula is C17H28N2O. The van der Waals surface area contributed by atoms with E-state index in [0.29, 0.717) is 6.04 Å². The minimum absolute atomic E-state index is 0.0160. The second kappa shape index (κ2) is 7.09. The number of hydrogen-bond acceptors (Lipinski definition) is 3. The van der Waals surface area contributed by atoms with E-state index in [1.54, 1.807) is 0 Å². The van der Waals surface area contributed by atoms with E-state index in [1.165, 1.54) is 31.4 Å². The number of nitrogens with zero attached hydrogens (tertiary/aromatic N) is 1. The molecule has 1 saturated heterocycles. The number of rotatable bonds is 5. The summed E-state index contributed by atoms with van der Waals surface area (Å²) in [4.78, 5) is 2.47. The molecular weight excluding hydrogens is 248 g/mol. The number of aryl methyl sites for hydroxylation is 1. The minimum atomic E-state index is 0.0160. The Morgan fingerprint density at radius 2 is 2.20 bits per heavy atom. The summed E-state index contributed by atoms with van der Waals surface area (Å²) in [5.41, 5.74) is 8.38. The third-order valence-corrected chi connectivity index (χ3v) is 4.29. The first kappa shape index (κ1) is 15.3. The number of benzene rings is 1. The van der Waals surface area contributed by atoms with Gasteiger partial charge in [-0.15, -0.1) is 0 Å². The average Bonchev–Trinajstić information content (AvgIpc) is 2.42. The molecule has 0 spiro atoms. The Bertz CT molecular complexity index is 431. The van der Waals surface area contributed by atoms with Crippen molar-refractivity contribution in [3.8, 4) is 5.75 Å². The van der Waals surface area contributed by atoms with Crippen LogP contribution in [0.15, 0.2) is 18.2 Å². The first-order valence-corrected chi connectivity index (χ1v) is 7.77. The summed E-state index contributed by atoms with van der Waals surface area (Å²) in [7, 11) is 2.23. The molecule has 0 saturated carbocycles. The van der Waals surface area contributed by atoms with Crippen LogP contribution in [0.2, 0.25) is 0 Å². The van der Waals surface area contributed by atoms with Crippen LogP contribution >= 0.6 is 0 Å². The highest BCUT2D eigenvalue weighted by Crippen LogP contribution is 2.26. The quantitative estimate of drug-likeness (QED) is 0.897. The Morgan fingerprint density at radius 1 is 1.40 bits per heavy atom. The second-order valence-corrected chi connectivity index (χ2v) is 6.10. The van der Waals surface area contributed by atoms with Gasteiger partial charge in [-0.3, -0.25) is 0 Å². The number of likely N-dealkylation sites (tertiary alicyclic amines) is 1. The molecule has 1 aliphatic heterocycles. The zero-order valence-electron chi connectivity index (χ0n) is 13.1. The molecule has 2 N–H and O–H groups in total. The van der Waals surface area contributed by atoms with Crippen molar-refractivity contribution in [2.24, 2.45) is 5.73 Å². The molecule has 0 radical (unpaired) electrons. The van der Waals surface area contributed by atoms with Crippen molar-refractivity contribution in [2.75, 3.05) is 20.2 Å². The fraction of sp³-hybridized carbons (Fsp3) is 0.647. The monoisotopic (exact) mass is 276 g/mol. The highest BCUT2D eigenvalue weighted by Gasteiger charge is 2.18. The van der Waals surface area contributed by atoms with Gasteiger partial charge in [-0.25, -0.2) is 0 Å². The third-order valence-electron chi connectivity index (χ3n) is 4.29. The fourth-order valence-corrected chi connectivity index (χ4v) is 2.97. The van der Waals surface area contributed by atoms with E-state index >= 15 is 0 Å². The van der Waals surface area contributed by atoms with Gasteiger partial charge in [0.25, 0.3) is 0 Å². The van der Waals surface area contributed by atoms with Crippen LogP contribution in [0.5, 0.6) is 5.75 Å². The molecule has 112 valence electrons. The van der Waals surface area contributed by atoms with E-state index in [0.717, 1.165) is 24.3 Å². The van der Waals surface area contributed by atoms with E-state index < -0.39 is 0 Å². The molecule has 1 fully saturated rings. The first-order valence-electron chi connectivity index (χ1n) is 7.77. The molecule has 1 aromatic rings. The summed E-state index contributed by atoms with van der Waals surface area (Å²) in [6.07, 6.45) is 5.09. The van der Waals surface area contributed by atoms with Crippen molar-refractivity contribution in [3.05, 3.63) is 29.3 Å². The van der Waals surface area contributed by atoms with Crippen LogP contribution in [-0.4, -0.2) is 31.1 Å². The maximum Gasteiger partial charge on any atom is 0.124 e. The highest BCUT2D eigenvalue weighted by molar-refractivity contribution is 5.38. The Kier molecular flexibility index (Phi) is 5.44. The lowest BCUT2D eigenvalue weighted by atomic mass is 10.0. The van der Waals surface area contributed by atoms with Gasteiger partial charge in [-0.05, 0) is 52.8 Å². The van der Waals surface area contributed by atoms with Crippen LogP contribution in [0, 0.1) is 6.92 Å². The SMILES string of the molecule is Cc1ccc(OCCC2CCCCN2C)c([C@H](C)N)c1. The Balaban J connectivity index is 1.90. The van der Waals surface area contributed by atoms with Gasteiger partial charge in [0.15, 0.2) is 0 Å². The van der Waals surface area contributed by atoms with Crippen molar-refractivity contribution < 1.29 is 4.74 Å². The topological polar surface area (TPSA) is 38.5 Å². The van der Waals surface area contributed by atoms with Crippen LogP contribution in [0.4, 0.5) is 0 Å². The maximum absolute atomic E-state index is 6.03. The molecule has 0 amide bonds. The van der Waals surface area contributed by atoms with Crippen molar-refractivity contribution in [1.29, 1.82) is 0 Å². The summed E-state index contributed by atoms with van der Waals surface area (Å²) in [5, 5.41) is 0. The normalized spacial score (nSPS) is 21.7. The number of hydrogen-bond donors (Lipinski definition) is 1. The summed E-state index contributed by atoms with van der Waals surface area (Å²) in [6, 6.07) is 6.97. The van der Waals surface area contributed by atoms with Gasteiger partial charge < -0.3 is 15.4 Å². The van der Waals surface area contributed by atoms with E-state index in [1.807, 2.05) is 6.92 Å². The first-order chi connectivity index (χ1) is 9.58. The van der Waals surface area contributed by atoms with Gasteiger partial charge in [-0.1, -0.05) is 24.1 Å². The van der Waals surface area contributed by atoms with Crippen molar-refractivity contribution >= 4 is 0 Å². The molecule has 2 rings (SSSR count). The van der Waals surface area contributed by atoms with Crippen LogP contribution in [0.25, 0.3) is 0 Å². The van der Waals surface area contributed by atoms with Crippen molar-refractivity contribution in [2.45, 2.75) is 51.6 Å². The summed E-state index contributed by atoms with van der Waals surface area (Å²) < 4.78 is 6.00. The standard InChI is InChI=1S/C17H28N2O/c1-13-7-8-17(16(12-13)14(2)18)20-11-9-15-6-4-5-10-19(15)3/h7-8,12,14-15H,4-6,9-11,18H2,1-3H3/t14-,15?/m0/s1. The molecule has 1 heterocycles. The van der Waals surface area contributed by atoms with E-state index in [9.17, 15) is 0 Å². The Hall–Kier alpha value is -1.06. The molecule has 1 unspecified atom stereocenters. The number of piperidine rings is 1. The van der Waals surface area contributed by atoms with Gasteiger partial charge in [0, 0.05) is 17.6 Å². The van der Waals surface area contributed by atoms with Crippen LogP contribution in [0.3, 0.4) is 0 Å². The average molecular weight is 276 g/mol. The zero-order chi connectivity index (χ0) is 14.5. The number of ether oxygens (including phenoxy) is 1. The van der Waals surface area contributed by atoms with Crippen LogP contribution in [0.1, 0.15) is 49.8 Å². The lowest BCUT2D eigenvalue weighted by molar-refractivity contribution is 0.152. The van der Waals surface area contributed by atoms with Crippen molar-refractivity contribution in [3.63, 3.8) is 0 Å². The maximum atomic E-state index is 6.03. The molecule has 2 atom stereocenters. The van der Waals surface area contributed by atoms with E-state index in [4.69, 9.17) is 10.5 Å². The molecule has 1 aromatic carbocycles. The molecule has 20 heavy (non-hydrogen) atoms. The lowest BCUT2D eigenvalue weighted by Crippen LogP contribution is -2.37. The van der Waals surface area contributed by atoms with Gasteiger partial charge in [-0.2, -0.15) is 0 Å². The summed E-state index contributed by atoms with van der Waals surface area (Å²) in [6.45, 7) is 6.10. The molecule has 0 aliphatic carbocycles. The second-order valence-electron chi connectivity index (χ2n) is 6.10. The van der Waals surface area contributed by atoms with E-state index in [2.05, 4.69) is 37.1 Å². The van der Waals surface area contributed by atoms with Gasteiger partial charge in [0.2, 0.25) is 0 Å². The van der Waals surface area contributed by atoms with Crippen LogP contribution < -0.4 is 10.5 Å². The predicted molar refractivity (Wildman–Crippen MR) is 84.2 cm³/mol. The van der Waals surface area contributed by atoms with Gasteiger partial charge in [0.05, 0.1) is 6.61 Å². The largest absolute Gasteiger partial charge is 0.493 e. The predicted octanol–water partition coefficient (Wildman–Crippen LogP) is 3.27. The molecule has 0 bridgehead atoms. The van der Waals surface area contributed by atoms with E-state index in [-0.39, 0.29) is 6.04 Å². The number of nitrogens with two attached hydrogens (primary N) is 1. The summed E-state index contributed by atoms with van der Waals surface area (Å²) in [5.74, 6) is 0.948. The molecule has 3 nitrogen and oxygen atoms in total. The minimum Gasteiger partial charge on any atom is -0.493 e. The van der Waals surface area contributed by atoms with Crippen LogP contribution in [-0.2, 0) is 0 Å². The lowest BCUT2D eigenvalue weighted by Gasteiger charge is -2.32. The smallest absolute Gasteiger partial charge is 0.124 e.